The molecule has 0 fully saturated rings. The molecule has 1 N–H and O–H groups in total. The number of hydrogen-bond acceptors (Lipinski definition) is 1. The fourth-order valence-electron chi connectivity index (χ4n) is 1.76. The predicted molar refractivity (Wildman–Crippen MR) is 61.5 cm³/mol. The quantitative estimate of drug-likeness (QED) is 0.857. The number of halogens is 1. The third-order valence-corrected chi connectivity index (χ3v) is 2.71. The van der Waals surface area contributed by atoms with Crippen LogP contribution < -0.4 is 0 Å². The Morgan fingerprint density at radius 3 is 2.07 bits per heavy atom. The van der Waals surface area contributed by atoms with E-state index in [0.717, 1.165) is 29.5 Å². The van der Waals surface area contributed by atoms with Crippen LogP contribution in [0.2, 0.25) is 5.02 Å². The Labute approximate surface area is 94.9 Å². The summed E-state index contributed by atoms with van der Waals surface area (Å²) in [5.74, 6) is -0.790. The highest BCUT2D eigenvalue weighted by Gasteiger charge is 2.11. The zero-order valence-electron chi connectivity index (χ0n) is 9.01. The molecule has 0 unspecified atom stereocenters. The Balaban J connectivity index is 3.23. The summed E-state index contributed by atoms with van der Waals surface area (Å²) >= 11 is 5.97. The normalized spacial score (nSPS) is 10.3. The first-order valence-electron chi connectivity index (χ1n) is 5.10. The summed E-state index contributed by atoms with van der Waals surface area (Å²) in [5.41, 5.74) is 3.01. The van der Waals surface area contributed by atoms with E-state index in [2.05, 4.69) is 0 Å². The summed E-state index contributed by atoms with van der Waals surface area (Å²) in [6.45, 7) is 4.02. The van der Waals surface area contributed by atoms with Gasteiger partial charge in [-0.2, -0.15) is 0 Å². The van der Waals surface area contributed by atoms with Gasteiger partial charge < -0.3 is 5.11 Å². The third-order valence-electron chi connectivity index (χ3n) is 2.49. The molecule has 0 aromatic heterocycles. The van der Waals surface area contributed by atoms with Gasteiger partial charge in [0, 0.05) is 5.02 Å². The number of aryl methyl sites for hydroxylation is 2. The van der Waals surface area contributed by atoms with Crippen molar-refractivity contribution < 1.29 is 9.90 Å². The van der Waals surface area contributed by atoms with E-state index < -0.39 is 5.97 Å². The van der Waals surface area contributed by atoms with Crippen molar-refractivity contribution in [1.82, 2.24) is 0 Å². The maximum absolute atomic E-state index is 10.8. The summed E-state index contributed by atoms with van der Waals surface area (Å²) in [4.78, 5) is 10.8. The molecule has 1 aromatic carbocycles. The highest BCUT2D eigenvalue weighted by Crippen LogP contribution is 2.23. The number of benzene rings is 1. The lowest BCUT2D eigenvalue weighted by Crippen LogP contribution is -2.07. The monoisotopic (exact) mass is 226 g/mol. The number of carbonyl (C=O) groups is 1. The van der Waals surface area contributed by atoms with E-state index in [4.69, 9.17) is 16.7 Å². The van der Waals surface area contributed by atoms with Gasteiger partial charge in [0.1, 0.15) is 0 Å². The summed E-state index contributed by atoms with van der Waals surface area (Å²) in [6.07, 6.45) is 1.72. The lowest BCUT2D eigenvalue weighted by Gasteiger charge is -2.12. The first-order valence-corrected chi connectivity index (χ1v) is 5.48. The van der Waals surface area contributed by atoms with E-state index >= 15 is 0 Å². The van der Waals surface area contributed by atoms with E-state index in [1.54, 1.807) is 0 Å². The third kappa shape index (κ3) is 2.96. The average Bonchev–Trinajstić information content (AvgIpc) is 2.19. The Bertz CT molecular complexity index is 347. The average molecular weight is 227 g/mol. The van der Waals surface area contributed by atoms with Crippen LogP contribution in [0.1, 0.15) is 30.5 Å². The number of carboxylic acid groups (broad SMARTS) is 1. The fourth-order valence-corrected chi connectivity index (χ4v) is 2.03. The van der Waals surface area contributed by atoms with Crippen LogP contribution in [-0.4, -0.2) is 11.1 Å². The maximum atomic E-state index is 10.8. The van der Waals surface area contributed by atoms with Crippen molar-refractivity contribution in [2.24, 2.45) is 0 Å². The molecule has 3 heteroatoms. The summed E-state index contributed by atoms with van der Waals surface area (Å²) in [7, 11) is 0. The Morgan fingerprint density at radius 1 is 1.27 bits per heavy atom. The second-order valence-electron chi connectivity index (χ2n) is 3.48. The van der Waals surface area contributed by atoms with Crippen LogP contribution in [0.4, 0.5) is 0 Å². The molecule has 15 heavy (non-hydrogen) atoms. The minimum atomic E-state index is -0.790. The number of aliphatic carboxylic acids is 1. The second-order valence-corrected chi connectivity index (χ2v) is 3.92. The van der Waals surface area contributed by atoms with E-state index in [-0.39, 0.29) is 6.42 Å². The molecule has 0 bridgehead atoms. The Hall–Kier alpha value is -1.02. The van der Waals surface area contributed by atoms with Crippen molar-refractivity contribution >= 4 is 17.6 Å². The molecule has 0 aliphatic rings. The highest BCUT2D eigenvalue weighted by atomic mass is 35.5. The van der Waals surface area contributed by atoms with Crippen molar-refractivity contribution in [1.29, 1.82) is 0 Å². The molecule has 0 saturated heterocycles. The van der Waals surface area contributed by atoms with Gasteiger partial charge in [0.15, 0.2) is 0 Å². The van der Waals surface area contributed by atoms with E-state index in [0.29, 0.717) is 5.02 Å². The zero-order chi connectivity index (χ0) is 11.4. The lowest BCUT2D eigenvalue weighted by molar-refractivity contribution is -0.136. The van der Waals surface area contributed by atoms with Gasteiger partial charge in [-0.1, -0.05) is 25.4 Å². The molecule has 0 amide bonds. The highest BCUT2D eigenvalue weighted by molar-refractivity contribution is 6.30. The van der Waals surface area contributed by atoms with Crippen molar-refractivity contribution in [2.75, 3.05) is 0 Å². The molecule has 0 saturated carbocycles. The van der Waals surface area contributed by atoms with Gasteiger partial charge in [-0.05, 0) is 41.7 Å². The molecule has 1 aromatic rings. The smallest absolute Gasteiger partial charge is 0.307 e. The van der Waals surface area contributed by atoms with Crippen LogP contribution in [-0.2, 0) is 24.1 Å². The Morgan fingerprint density at radius 2 is 1.73 bits per heavy atom. The molecule has 0 spiro atoms. The summed E-state index contributed by atoms with van der Waals surface area (Å²) in [5, 5.41) is 9.54. The van der Waals surface area contributed by atoms with Gasteiger partial charge in [0.2, 0.25) is 0 Å². The molecule has 82 valence electrons. The molecule has 0 aliphatic carbocycles. The first kappa shape index (κ1) is 12.1. The van der Waals surface area contributed by atoms with Crippen LogP contribution >= 0.6 is 11.6 Å². The van der Waals surface area contributed by atoms with Crippen LogP contribution in [0.15, 0.2) is 12.1 Å². The van der Waals surface area contributed by atoms with E-state index in [9.17, 15) is 4.79 Å². The minimum absolute atomic E-state index is 0.0868. The topological polar surface area (TPSA) is 37.3 Å². The van der Waals surface area contributed by atoms with Crippen molar-refractivity contribution in [3.05, 3.63) is 33.8 Å². The standard InChI is InChI=1S/C12H15ClO2/c1-3-8-5-10(13)6-9(4-2)11(8)7-12(14)15/h5-6H,3-4,7H2,1-2H3,(H,14,15). The maximum Gasteiger partial charge on any atom is 0.307 e. The molecule has 0 radical (unpaired) electrons. The summed E-state index contributed by atoms with van der Waals surface area (Å²) in [6, 6.07) is 3.72. The molecule has 0 heterocycles. The molecule has 0 atom stereocenters. The fraction of sp³-hybridized carbons (Fsp3) is 0.417. The molecule has 0 aliphatic heterocycles. The van der Waals surface area contributed by atoms with Gasteiger partial charge in [-0.25, -0.2) is 0 Å². The number of carboxylic acids is 1. The van der Waals surface area contributed by atoms with Gasteiger partial charge in [0.25, 0.3) is 0 Å². The predicted octanol–water partition coefficient (Wildman–Crippen LogP) is 3.09. The van der Waals surface area contributed by atoms with Crippen LogP contribution in [0.5, 0.6) is 0 Å². The van der Waals surface area contributed by atoms with E-state index in [1.807, 2.05) is 26.0 Å². The van der Waals surface area contributed by atoms with Crippen LogP contribution in [0.3, 0.4) is 0 Å². The lowest BCUT2D eigenvalue weighted by atomic mass is 9.95. The first-order chi connectivity index (χ1) is 7.08. The molecule has 2 nitrogen and oxygen atoms in total. The SMILES string of the molecule is CCc1cc(Cl)cc(CC)c1CC(=O)O. The van der Waals surface area contributed by atoms with Crippen molar-refractivity contribution in [2.45, 2.75) is 33.1 Å². The zero-order valence-corrected chi connectivity index (χ0v) is 9.77. The van der Waals surface area contributed by atoms with Crippen molar-refractivity contribution in [3.63, 3.8) is 0 Å². The van der Waals surface area contributed by atoms with Gasteiger partial charge in [0.05, 0.1) is 6.42 Å². The largest absolute Gasteiger partial charge is 0.481 e. The molecular formula is C12H15ClO2. The van der Waals surface area contributed by atoms with Crippen molar-refractivity contribution in [3.8, 4) is 0 Å². The molecular weight excluding hydrogens is 212 g/mol. The van der Waals surface area contributed by atoms with Gasteiger partial charge in [-0.3, -0.25) is 4.79 Å². The second kappa shape index (κ2) is 5.17. The number of hydrogen-bond donors (Lipinski definition) is 1. The number of rotatable bonds is 4. The van der Waals surface area contributed by atoms with Crippen LogP contribution in [0, 0.1) is 0 Å². The minimum Gasteiger partial charge on any atom is -0.481 e. The van der Waals surface area contributed by atoms with Gasteiger partial charge >= 0.3 is 5.97 Å². The Kier molecular flexibility index (Phi) is 4.15. The molecule has 1 rings (SSSR count). The van der Waals surface area contributed by atoms with E-state index in [1.165, 1.54) is 0 Å². The van der Waals surface area contributed by atoms with Crippen LogP contribution in [0.25, 0.3) is 0 Å². The summed E-state index contributed by atoms with van der Waals surface area (Å²) < 4.78 is 0. The van der Waals surface area contributed by atoms with Gasteiger partial charge in [-0.15, -0.1) is 0 Å².